The van der Waals surface area contributed by atoms with E-state index in [2.05, 4.69) is 20.7 Å². The van der Waals surface area contributed by atoms with Crippen LogP contribution in [-0.4, -0.2) is 54.3 Å². The smallest absolute Gasteiger partial charge is 0.336 e. The number of carbonyl (C=O) groups excluding carboxylic acids is 2. The molecule has 1 amide bonds. The highest BCUT2D eigenvalue weighted by Gasteiger charge is 2.31. The maximum Gasteiger partial charge on any atom is 0.336 e. The number of carbonyl (C=O) groups is 2. The van der Waals surface area contributed by atoms with E-state index in [1.54, 1.807) is 11.0 Å². The number of nitrogens with zero attached hydrogens (tertiary/aromatic N) is 2. The number of amides is 1. The molecule has 7 heteroatoms. The Morgan fingerprint density at radius 1 is 1.48 bits per heavy atom. The summed E-state index contributed by atoms with van der Waals surface area (Å²) in [4.78, 5) is 25.9. The van der Waals surface area contributed by atoms with Gasteiger partial charge in [-0.15, -0.1) is 0 Å². The third-order valence-electron chi connectivity index (χ3n) is 3.41. The molecule has 1 saturated heterocycles. The molecule has 1 fully saturated rings. The topological polar surface area (TPSA) is 60.8 Å². The largest absolute Gasteiger partial charge is 0.467 e. The Kier molecular flexibility index (Phi) is 5.05. The first-order chi connectivity index (χ1) is 9.93. The lowest BCUT2D eigenvalue weighted by Gasteiger charge is -2.31. The van der Waals surface area contributed by atoms with Gasteiger partial charge in [0, 0.05) is 23.3 Å². The molecular formula is C14H19BrN2O4. The lowest BCUT2D eigenvalue weighted by molar-refractivity contribution is -0.158. The minimum absolute atomic E-state index is 0.105. The summed E-state index contributed by atoms with van der Waals surface area (Å²) >= 11 is 3.40. The van der Waals surface area contributed by atoms with Crippen molar-refractivity contribution in [3.8, 4) is 0 Å². The zero-order chi connectivity index (χ0) is 15.6. The number of hydrogen-bond acceptors (Lipinski definition) is 4. The van der Waals surface area contributed by atoms with Gasteiger partial charge in [-0.25, -0.2) is 4.79 Å². The predicted molar refractivity (Wildman–Crippen MR) is 80.2 cm³/mol. The molecule has 116 valence electrons. The summed E-state index contributed by atoms with van der Waals surface area (Å²) in [6.45, 7) is 5.04. The van der Waals surface area contributed by atoms with Crippen molar-refractivity contribution in [3.63, 3.8) is 0 Å². The monoisotopic (exact) mass is 358 g/mol. The van der Waals surface area contributed by atoms with Crippen LogP contribution < -0.4 is 0 Å². The van der Waals surface area contributed by atoms with Gasteiger partial charge in [-0.3, -0.25) is 4.79 Å². The fourth-order valence-corrected chi connectivity index (χ4v) is 2.75. The Bertz CT molecular complexity index is 541. The van der Waals surface area contributed by atoms with E-state index in [4.69, 9.17) is 4.74 Å². The Morgan fingerprint density at radius 2 is 2.19 bits per heavy atom. The fraction of sp³-hybridized carbons (Fsp3) is 0.571. The summed E-state index contributed by atoms with van der Waals surface area (Å²) in [5, 5.41) is 0. The van der Waals surface area contributed by atoms with Crippen LogP contribution in [0, 0.1) is 0 Å². The van der Waals surface area contributed by atoms with Crippen molar-refractivity contribution in [2.45, 2.75) is 26.0 Å². The molecule has 1 unspecified atom stereocenters. The predicted octanol–water partition coefficient (Wildman–Crippen LogP) is 1.85. The highest BCUT2D eigenvalue weighted by atomic mass is 79.9. The summed E-state index contributed by atoms with van der Waals surface area (Å²) in [7, 11) is 1.31. The van der Waals surface area contributed by atoms with Gasteiger partial charge < -0.3 is 18.9 Å². The molecule has 0 spiro atoms. The van der Waals surface area contributed by atoms with E-state index >= 15 is 0 Å². The molecule has 0 saturated carbocycles. The van der Waals surface area contributed by atoms with Crippen molar-refractivity contribution in [2.24, 2.45) is 0 Å². The first-order valence-electron chi connectivity index (χ1n) is 6.80. The minimum Gasteiger partial charge on any atom is -0.467 e. The van der Waals surface area contributed by atoms with E-state index in [9.17, 15) is 9.59 Å². The zero-order valence-electron chi connectivity index (χ0n) is 12.3. The lowest BCUT2D eigenvalue weighted by atomic mass is 10.2. The van der Waals surface area contributed by atoms with Crippen molar-refractivity contribution >= 4 is 27.8 Å². The summed E-state index contributed by atoms with van der Waals surface area (Å²) in [5.41, 5.74) is 0.599. The van der Waals surface area contributed by atoms with Crippen molar-refractivity contribution in [1.82, 2.24) is 9.47 Å². The number of aromatic nitrogens is 1. The van der Waals surface area contributed by atoms with Crippen molar-refractivity contribution in [3.05, 3.63) is 22.4 Å². The molecule has 0 bridgehead atoms. The molecule has 1 atom stereocenters. The molecule has 6 nitrogen and oxygen atoms in total. The number of rotatable bonds is 3. The van der Waals surface area contributed by atoms with E-state index < -0.39 is 12.1 Å². The maximum atomic E-state index is 12.7. The summed E-state index contributed by atoms with van der Waals surface area (Å²) in [5.74, 6) is -0.556. The van der Waals surface area contributed by atoms with E-state index in [0.717, 1.165) is 4.47 Å². The molecular weight excluding hydrogens is 340 g/mol. The molecule has 21 heavy (non-hydrogen) atoms. The average molecular weight is 359 g/mol. The van der Waals surface area contributed by atoms with Crippen molar-refractivity contribution in [1.29, 1.82) is 0 Å². The summed E-state index contributed by atoms with van der Waals surface area (Å²) < 4.78 is 12.8. The fourth-order valence-electron chi connectivity index (χ4n) is 2.31. The van der Waals surface area contributed by atoms with E-state index in [-0.39, 0.29) is 18.5 Å². The normalized spacial score (nSPS) is 18.9. The van der Waals surface area contributed by atoms with Gasteiger partial charge in [0.1, 0.15) is 5.69 Å². The molecule has 2 heterocycles. The van der Waals surface area contributed by atoms with Gasteiger partial charge in [0.15, 0.2) is 6.10 Å². The SMILES string of the molecule is COC(=O)C1CN(C(=O)c2cc(Br)cn2C(C)C)CCO1. The highest BCUT2D eigenvalue weighted by molar-refractivity contribution is 9.10. The van der Waals surface area contributed by atoms with Crippen LogP contribution in [0.25, 0.3) is 0 Å². The molecule has 0 radical (unpaired) electrons. The molecule has 1 aliphatic heterocycles. The van der Waals surface area contributed by atoms with Gasteiger partial charge in [0.25, 0.3) is 5.91 Å². The quantitative estimate of drug-likeness (QED) is 0.773. The number of methoxy groups -OCH3 is 1. The van der Waals surface area contributed by atoms with Gasteiger partial charge in [-0.05, 0) is 35.8 Å². The minimum atomic E-state index is -0.710. The van der Waals surface area contributed by atoms with Gasteiger partial charge in [0.2, 0.25) is 0 Å². The van der Waals surface area contributed by atoms with Crippen LogP contribution >= 0.6 is 15.9 Å². The summed E-state index contributed by atoms with van der Waals surface area (Å²) in [6.07, 6.45) is 1.18. The summed E-state index contributed by atoms with van der Waals surface area (Å²) in [6, 6.07) is 1.97. The molecule has 2 rings (SSSR count). The van der Waals surface area contributed by atoms with Gasteiger partial charge in [-0.1, -0.05) is 0 Å². The van der Waals surface area contributed by atoms with Crippen LogP contribution in [0.1, 0.15) is 30.4 Å². The average Bonchev–Trinajstić information content (AvgIpc) is 2.88. The van der Waals surface area contributed by atoms with Gasteiger partial charge in [0.05, 0.1) is 20.3 Å². The third-order valence-corrected chi connectivity index (χ3v) is 3.84. The van der Waals surface area contributed by atoms with Crippen LogP contribution in [-0.2, 0) is 14.3 Å². The number of morpholine rings is 1. The zero-order valence-corrected chi connectivity index (χ0v) is 13.9. The van der Waals surface area contributed by atoms with E-state index in [1.807, 2.05) is 24.6 Å². The second-order valence-corrected chi connectivity index (χ2v) is 6.09. The molecule has 0 aliphatic carbocycles. The lowest BCUT2D eigenvalue weighted by Crippen LogP contribution is -2.49. The van der Waals surface area contributed by atoms with E-state index in [0.29, 0.717) is 18.8 Å². The Balaban J connectivity index is 2.18. The highest BCUT2D eigenvalue weighted by Crippen LogP contribution is 2.21. The van der Waals surface area contributed by atoms with Gasteiger partial charge >= 0.3 is 5.97 Å². The third kappa shape index (κ3) is 3.47. The molecule has 1 aromatic rings. The Labute approximate surface area is 132 Å². The molecule has 0 aromatic carbocycles. The van der Waals surface area contributed by atoms with Crippen molar-refractivity contribution < 1.29 is 19.1 Å². The number of ether oxygens (including phenoxy) is 2. The number of esters is 1. The van der Waals surface area contributed by atoms with Crippen LogP contribution in [0.5, 0.6) is 0 Å². The second-order valence-electron chi connectivity index (χ2n) is 5.18. The second kappa shape index (κ2) is 6.62. The molecule has 1 aliphatic rings. The van der Waals surface area contributed by atoms with Crippen LogP contribution in [0.15, 0.2) is 16.7 Å². The standard InChI is InChI=1S/C14H19BrN2O4/c1-9(2)17-7-10(15)6-11(17)13(18)16-4-5-21-12(8-16)14(19)20-3/h6-7,9,12H,4-5,8H2,1-3H3. The Morgan fingerprint density at radius 3 is 2.81 bits per heavy atom. The molecule has 0 N–H and O–H groups in total. The molecule has 1 aromatic heterocycles. The van der Waals surface area contributed by atoms with Crippen LogP contribution in [0.4, 0.5) is 0 Å². The maximum absolute atomic E-state index is 12.7. The van der Waals surface area contributed by atoms with Crippen LogP contribution in [0.2, 0.25) is 0 Å². The first-order valence-corrected chi connectivity index (χ1v) is 7.59. The number of halogens is 1. The van der Waals surface area contributed by atoms with Crippen LogP contribution in [0.3, 0.4) is 0 Å². The van der Waals surface area contributed by atoms with E-state index in [1.165, 1.54) is 7.11 Å². The van der Waals surface area contributed by atoms with Gasteiger partial charge in [-0.2, -0.15) is 0 Å². The first kappa shape index (κ1) is 16.0. The number of hydrogen-bond donors (Lipinski definition) is 0. The van der Waals surface area contributed by atoms with Crippen molar-refractivity contribution in [2.75, 3.05) is 26.8 Å². The Hall–Kier alpha value is -1.34.